The van der Waals surface area contributed by atoms with Crippen LogP contribution < -0.4 is 28.4 Å². The van der Waals surface area contributed by atoms with Crippen LogP contribution in [0.5, 0.6) is 34.5 Å². The molecule has 6 nitrogen and oxygen atoms in total. The summed E-state index contributed by atoms with van der Waals surface area (Å²) in [5, 5.41) is 0. The first kappa shape index (κ1) is 24.6. The van der Waals surface area contributed by atoms with Gasteiger partial charge in [-0.25, -0.2) is 0 Å². The van der Waals surface area contributed by atoms with E-state index in [2.05, 4.69) is 36.4 Å². The topological polar surface area (TPSA) is 55.4 Å². The number of fused-ring (bicyclic) bond motifs is 3. The van der Waals surface area contributed by atoms with Gasteiger partial charge in [0.2, 0.25) is 0 Å². The molecule has 0 aliphatic heterocycles. The molecular weight excluding hydrogens is 444 g/mol. The van der Waals surface area contributed by atoms with E-state index in [9.17, 15) is 0 Å². The van der Waals surface area contributed by atoms with Crippen molar-refractivity contribution in [3.8, 4) is 34.5 Å². The Morgan fingerprint density at radius 2 is 0.543 bits per heavy atom. The largest absolute Gasteiger partial charge is 0.493 e. The number of rotatable bonds is 6. The SMILES string of the molecule is COc1cc2c(cc1OC)CCc1cc(OC)c(OC)cc1Cc1cc(OC)c(OC)cc1CC2. The highest BCUT2D eigenvalue weighted by molar-refractivity contribution is 5.54. The Labute approximate surface area is 207 Å². The van der Waals surface area contributed by atoms with Crippen LogP contribution in [-0.2, 0) is 32.1 Å². The molecule has 0 unspecified atom stereocenters. The fourth-order valence-corrected chi connectivity index (χ4v) is 4.89. The molecule has 3 aromatic carbocycles. The van der Waals surface area contributed by atoms with Crippen molar-refractivity contribution >= 4 is 0 Å². The molecule has 6 heteroatoms. The maximum atomic E-state index is 5.64. The van der Waals surface area contributed by atoms with Crippen LogP contribution in [0.2, 0.25) is 0 Å². The van der Waals surface area contributed by atoms with Gasteiger partial charge < -0.3 is 28.4 Å². The summed E-state index contributed by atoms with van der Waals surface area (Å²) in [6.07, 6.45) is 4.23. The molecule has 1 aliphatic rings. The lowest BCUT2D eigenvalue weighted by molar-refractivity contribution is 0.353. The third-order valence-corrected chi connectivity index (χ3v) is 6.83. The zero-order valence-corrected chi connectivity index (χ0v) is 21.4. The zero-order valence-electron chi connectivity index (χ0n) is 21.4. The van der Waals surface area contributed by atoms with E-state index < -0.39 is 0 Å². The third-order valence-electron chi connectivity index (χ3n) is 6.83. The first-order chi connectivity index (χ1) is 17.0. The van der Waals surface area contributed by atoms with E-state index in [4.69, 9.17) is 28.4 Å². The van der Waals surface area contributed by atoms with Crippen LogP contribution in [0.4, 0.5) is 0 Å². The van der Waals surface area contributed by atoms with Crippen molar-refractivity contribution in [3.63, 3.8) is 0 Å². The number of hydrogen-bond donors (Lipinski definition) is 0. The maximum absolute atomic E-state index is 5.64. The second-order valence-corrected chi connectivity index (χ2v) is 8.60. The van der Waals surface area contributed by atoms with Crippen molar-refractivity contribution < 1.29 is 28.4 Å². The van der Waals surface area contributed by atoms with Gasteiger partial charge in [-0.05, 0) is 102 Å². The molecule has 0 amide bonds. The monoisotopic (exact) mass is 478 g/mol. The van der Waals surface area contributed by atoms with E-state index in [1.165, 1.54) is 33.4 Å². The summed E-state index contributed by atoms with van der Waals surface area (Å²) in [7, 11) is 10.1. The Morgan fingerprint density at radius 3 is 0.771 bits per heavy atom. The quantitative estimate of drug-likeness (QED) is 0.485. The summed E-state index contributed by atoms with van der Waals surface area (Å²) < 4.78 is 33.8. The van der Waals surface area contributed by atoms with Crippen LogP contribution in [0.15, 0.2) is 36.4 Å². The van der Waals surface area contributed by atoms with E-state index in [1.54, 1.807) is 42.7 Å². The second kappa shape index (κ2) is 10.8. The van der Waals surface area contributed by atoms with Crippen LogP contribution in [0.1, 0.15) is 33.4 Å². The minimum Gasteiger partial charge on any atom is -0.493 e. The maximum Gasteiger partial charge on any atom is 0.161 e. The third kappa shape index (κ3) is 4.97. The fourth-order valence-electron chi connectivity index (χ4n) is 4.89. The Hall–Kier alpha value is -3.54. The Kier molecular flexibility index (Phi) is 7.59. The number of aryl methyl sites for hydroxylation is 4. The molecule has 0 N–H and O–H groups in total. The standard InChI is InChI=1S/C29H34O6/c1-30-24-12-18-7-9-20-14-26(32-3)28(34-5)16-22(20)11-23-17-29(35-6)27(33-4)15-21(23)10-8-19(18)13-25(24)31-2/h12-17H,7-11H2,1-6H3. The molecule has 3 aromatic rings. The van der Waals surface area contributed by atoms with Gasteiger partial charge in [0.1, 0.15) is 0 Å². The lowest BCUT2D eigenvalue weighted by atomic mass is 9.92. The average Bonchev–Trinajstić information content (AvgIpc) is 2.92. The predicted molar refractivity (Wildman–Crippen MR) is 136 cm³/mol. The first-order valence-electron chi connectivity index (χ1n) is 11.8. The Balaban J connectivity index is 1.91. The van der Waals surface area contributed by atoms with Crippen molar-refractivity contribution in [3.05, 3.63) is 69.8 Å². The van der Waals surface area contributed by atoms with Gasteiger partial charge in [-0.2, -0.15) is 0 Å². The molecule has 0 fully saturated rings. The van der Waals surface area contributed by atoms with E-state index in [0.29, 0.717) is 0 Å². The molecule has 1 aliphatic carbocycles. The molecule has 0 saturated heterocycles. The van der Waals surface area contributed by atoms with Crippen LogP contribution in [-0.4, -0.2) is 42.7 Å². The van der Waals surface area contributed by atoms with Gasteiger partial charge in [-0.15, -0.1) is 0 Å². The number of hydrogen-bond acceptors (Lipinski definition) is 6. The number of benzene rings is 3. The predicted octanol–water partition coefficient (Wildman–Crippen LogP) is 5.21. The highest BCUT2D eigenvalue weighted by atomic mass is 16.5. The summed E-state index contributed by atoms with van der Waals surface area (Å²) in [5.41, 5.74) is 7.39. The summed E-state index contributed by atoms with van der Waals surface area (Å²) >= 11 is 0. The van der Waals surface area contributed by atoms with Gasteiger partial charge in [0.05, 0.1) is 42.7 Å². The number of ether oxygens (including phenoxy) is 6. The van der Waals surface area contributed by atoms with Gasteiger partial charge in [0.25, 0.3) is 0 Å². The van der Waals surface area contributed by atoms with Gasteiger partial charge >= 0.3 is 0 Å². The summed E-state index contributed by atoms with van der Waals surface area (Å²) in [6.45, 7) is 0. The van der Waals surface area contributed by atoms with Gasteiger partial charge in [0.15, 0.2) is 34.5 Å². The lowest BCUT2D eigenvalue weighted by Crippen LogP contribution is -2.04. The van der Waals surface area contributed by atoms with Crippen LogP contribution in [0, 0.1) is 0 Å². The van der Waals surface area contributed by atoms with Crippen LogP contribution in [0.25, 0.3) is 0 Å². The van der Waals surface area contributed by atoms with Gasteiger partial charge in [0, 0.05) is 0 Å². The lowest BCUT2D eigenvalue weighted by Gasteiger charge is -2.18. The molecule has 0 atom stereocenters. The summed E-state index contributed by atoms with van der Waals surface area (Å²) in [4.78, 5) is 0. The normalized spacial score (nSPS) is 12.9. The fraction of sp³-hybridized carbons (Fsp3) is 0.379. The van der Waals surface area contributed by atoms with Crippen molar-refractivity contribution in [2.24, 2.45) is 0 Å². The smallest absolute Gasteiger partial charge is 0.161 e. The highest BCUT2D eigenvalue weighted by Crippen LogP contribution is 2.38. The molecule has 0 bridgehead atoms. The molecule has 35 heavy (non-hydrogen) atoms. The second-order valence-electron chi connectivity index (χ2n) is 8.60. The van der Waals surface area contributed by atoms with E-state index in [-0.39, 0.29) is 0 Å². The van der Waals surface area contributed by atoms with E-state index in [1.807, 2.05) is 0 Å². The van der Waals surface area contributed by atoms with Crippen molar-refractivity contribution in [2.75, 3.05) is 42.7 Å². The number of methoxy groups -OCH3 is 6. The molecule has 186 valence electrons. The minimum absolute atomic E-state index is 0.731. The summed E-state index contributed by atoms with van der Waals surface area (Å²) in [5.74, 6) is 4.44. The molecular formula is C29H34O6. The van der Waals surface area contributed by atoms with Crippen molar-refractivity contribution in [1.29, 1.82) is 0 Å². The zero-order chi connectivity index (χ0) is 24.9. The molecule has 4 rings (SSSR count). The summed E-state index contributed by atoms with van der Waals surface area (Å²) in [6, 6.07) is 12.6. The Morgan fingerprint density at radius 1 is 0.343 bits per heavy atom. The average molecular weight is 479 g/mol. The van der Waals surface area contributed by atoms with Crippen molar-refractivity contribution in [1.82, 2.24) is 0 Å². The van der Waals surface area contributed by atoms with E-state index >= 15 is 0 Å². The highest BCUT2D eigenvalue weighted by Gasteiger charge is 2.19. The van der Waals surface area contributed by atoms with Crippen molar-refractivity contribution in [2.45, 2.75) is 32.1 Å². The first-order valence-corrected chi connectivity index (χ1v) is 11.8. The molecule has 0 radical (unpaired) electrons. The van der Waals surface area contributed by atoms with Crippen LogP contribution in [0.3, 0.4) is 0 Å². The molecule has 0 spiro atoms. The van der Waals surface area contributed by atoms with E-state index in [0.717, 1.165) is 66.6 Å². The van der Waals surface area contributed by atoms with Crippen LogP contribution >= 0.6 is 0 Å². The minimum atomic E-state index is 0.731. The van der Waals surface area contributed by atoms with Gasteiger partial charge in [-0.3, -0.25) is 0 Å². The molecule has 0 heterocycles. The Bertz CT molecular complexity index is 1110. The van der Waals surface area contributed by atoms with Gasteiger partial charge in [-0.1, -0.05) is 0 Å². The molecule has 0 aromatic heterocycles. The molecule has 0 saturated carbocycles.